The predicted molar refractivity (Wildman–Crippen MR) is 46.8 cm³/mol. The van der Waals surface area contributed by atoms with Gasteiger partial charge in [0.25, 0.3) is 0 Å². The minimum Gasteiger partial charge on any atom is -0.469 e. The van der Waals surface area contributed by atoms with Crippen LogP contribution in [0.4, 0.5) is 0 Å². The Hall–Kier alpha value is -0.570. The lowest BCUT2D eigenvalue weighted by atomic mass is 9.89. The van der Waals surface area contributed by atoms with Crippen LogP contribution in [0.15, 0.2) is 0 Å². The number of methoxy groups -OCH3 is 1. The first kappa shape index (κ1) is 9.52. The van der Waals surface area contributed by atoms with Gasteiger partial charge < -0.3 is 10.1 Å². The van der Waals surface area contributed by atoms with E-state index < -0.39 is 0 Å². The number of ether oxygens (including phenoxy) is 1. The van der Waals surface area contributed by atoms with Crippen molar-refractivity contribution < 1.29 is 9.53 Å². The van der Waals surface area contributed by atoms with E-state index in [0.717, 1.165) is 12.8 Å². The number of nitrogens with one attached hydrogen (secondary N) is 1. The average molecular weight is 171 g/mol. The number of esters is 1. The molecule has 0 bridgehead atoms. The third-order valence-electron chi connectivity index (χ3n) is 2.57. The van der Waals surface area contributed by atoms with Gasteiger partial charge in [-0.1, -0.05) is 0 Å². The molecule has 3 nitrogen and oxygen atoms in total. The molecule has 0 spiro atoms. The molecule has 1 heterocycles. The highest BCUT2D eigenvalue weighted by Gasteiger charge is 2.30. The highest BCUT2D eigenvalue weighted by Crippen LogP contribution is 2.20. The molecule has 1 saturated heterocycles. The first-order valence-electron chi connectivity index (χ1n) is 4.49. The van der Waals surface area contributed by atoms with E-state index in [1.165, 1.54) is 7.11 Å². The maximum Gasteiger partial charge on any atom is 0.310 e. The van der Waals surface area contributed by atoms with Crippen LogP contribution < -0.4 is 5.32 Å². The molecule has 70 valence electrons. The molecule has 0 radical (unpaired) electrons. The molecule has 0 amide bonds. The van der Waals surface area contributed by atoms with Crippen LogP contribution in [0.3, 0.4) is 0 Å². The van der Waals surface area contributed by atoms with Crippen molar-refractivity contribution >= 4 is 5.97 Å². The molecule has 1 aliphatic rings. The van der Waals surface area contributed by atoms with Gasteiger partial charge in [-0.3, -0.25) is 4.79 Å². The molecule has 0 aromatic heterocycles. The number of carbonyl (C=O) groups excluding carboxylic acids is 1. The summed E-state index contributed by atoms with van der Waals surface area (Å²) < 4.78 is 4.72. The fourth-order valence-electron chi connectivity index (χ4n) is 1.80. The van der Waals surface area contributed by atoms with Gasteiger partial charge in [0, 0.05) is 12.1 Å². The van der Waals surface area contributed by atoms with Gasteiger partial charge in [-0.25, -0.2) is 0 Å². The van der Waals surface area contributed by atoms with Crippen molar-refractivity contribution in [3.8, 4) is 0 Å². The molecule has 3 atom stereocenters. The van der Waals surface area contributed by atoms with Crippen LogP contribution in [-0.4, -0.2) is 25.2 Å². The van der Waals surface area contributed by atoms with E-state index in [4.69, 9.17) is 4.74 Å². The van der Waals surface area contributed by atoms with E-state index in [0.29, 0.717) is 6.04 Å². The number of rotatable bonds is 1. The van der Waals surface area contributed by atoms with E-state index in [1.807, 2.05) is 6.92 Å². The lowest BCUT2D eigenvalue weighted by molar-refractivity contribution is -0.147. The summed E-state index contributed by atoms with van der Waals surface area (Å²) in [5.74, 6) is -0.0342. The molecule has 12 heavy (non-hydrogen) atoms. The fraction of sp³-hybridized carbons (Fsp3) is 0.889. The summed E-state index contributed by atoms with van der Waals surface area (Å²) >= 11 is 0. The van der Waals surface area contributed by atoms with E-state index in [2.05, 4.69) is 12.2 Å². The summed E-state index contributed by atoms with van der Waals surface area (Å²) in [6.07, 6.45) is 2.01. The topological polar surface area (TPSA) is 38.3 Å². The number of hydrogen-bond acceptors (Lipinski definition) is 3. The predicted octanol–water partition coefficient (Wildman–Crippen LogP) is 0.936. The minimum absolute atomic E-state index is 0.0474. The van der Waals surface area contributed by atoms with Gasteiger partial charge in [-0.15, -0.1) is 0 Å². The van der Waals surface area contributed by atoms with Crippen molar-refractivity contribution in [2.75, 3.05) is 7.11 Å². The molecule has 3 heteroatoms. The van der Waals surface area contributed by atoms with Gasteiger partial charge in [0.1, 0.15) is 0 Å². The molecule has 0 saturated carbocycles. The Bertz CT molecular complexity index is 170. The normalized spacial score (nSPS) is 36.1. The van der Waals surface area contributed by atoms with Crippen molar-refractivity contribution in [3.63, 3.8) is 0 Å². The maximum atomic E-state index is 11.2. The van der Waals surface area contributed by atoms with Crippen molar-refractivity contribution in [2.24, 2.45) is 5.92 Å². The molecule has 0 aromatic rings. The van der Waals surface area contributed by atoms with E-state index in [9.17, 15) is 4.79 Å². The Kier molecular flexibility index (Phi) is 3.09. The zero-order chi connectivity index (χ0) is 9.14. The number of hydrogen-bond donors (Lipinski definition) is 1. The Morgan fingerprint density at radius 2 is 2.08 bits per heavy atom. The average Bonchev–Trinajstić information content (AvgIpc) is 2.03. The molecule has 0 aromatic carbocycles. The molecule has 0 aliphatic carbocycles. The van der Waals surface area contributed by atoms with Crippen molar-refractivity contribution in [3.05, 3.63) is 0 Å². The zero-order valence-corrected chi connectivity index (χ0v) is 7.96. The van der Waals surface area contributed by atoms with Crippen LogP contribution in [-0.2, 0) is 9.53 Å². The molecule has 1 fully saturated rings. The summed E-state index contributed by atoms with van der Waals surface area (Å²) in [4.78, 5) is 11.2. The maximum absolute atomic E-state index is 11.2. The summed E-state index contributed by atoms with van der Waals surface area (Å²) in [5, 5.41) is 3.34. The van der Waals surface area contributed by atoms with Crippen LogP contribution in [0.25, 0.3) is 0 Å². The highest BCUT2D eigenvalue weighted by molar-refractivity contribution is 5.73. The van der Waals surface area contributed by atoms with Gasteiger partial charge in [-0.05, 0) is 26.7 Å². The van der Waals surface area contributed by atoms with Crippen molar-refractivity contribution in [2.45, 2.75) is 38.8 Å². The number of piperidine rings is 1. The molecule has 1 N–H and O–H groups in total. The largest absolute Gasteiger partial charge is 0.469 e. The summed E-state index contributed by atoms with van der Waals surface area (Å²) in [5.41, 5.74) is 0. The Balaban J connectivity index is 2.50. The first-order chi connectivity index (χ1) is 5.65. The van der Waals surface area contributed by atoms with Crippen LogP contribution >= 0.6 is 0 Å². The summed E-state index contributed by atoms with van der Waals surface area (Å²) in [7, 11) is 1.45. The second kappa shape index (κ2) is 3.90. The SMILES string of the molecule is COC(=O)[C@@H]1CC[C@H](C)N[C@@H]1C. The van der Waals surface area contributed by atoms with Crippen LogP contribution in [0.1, 0.15) is 26.7 Å². The van der Waals surface area contributed by atoms with Crippen LogP contribution in [0.5, 0.6) is 0 Å². The third kappa shape index (κ3) is 1.97. The molecule has 1 rings (SSSR count). The van der Waals surface area contributed by atoms with Crippen LogP contribution in [0.2, 0.25) is 0 Å². The molecular formula is C9H17NO2. The van der Waals surface area contributed by atoms with Gasteiger partial charge in [-0.2, -0.15) is 0 Å². The van der Waals surface area contributed by atoms with Crippen molar-refractivity contribution in [1.29, 1.82) is 0 Å². The fourth-order valence-corrected chi connectivity index (χ4v) is 1.80. The Labute approximate surface area is 73.5 Å². The second-order valence-corrected chi connectivity index (χ2v) is 3.56. The minimum atomic E-state index is -0.0816. The lowest BCUT2D eigenvalue weighted by Crippen LogP contribution is -2.47. The monoisotopic (exact) mass is 171 g/mol. The highest BCUT2D eigenvalue weighted by atomic mass is 16.5. The Morgan fingerprint density at radius 3 is 2.58 bits per heavy atom. The van der Waals surface area contributed by atoms with E-state index in [-0.39, 0.29) is 17.9 Å². The standard InChI is InChI=1S/C9H17NO2/c1-6-4-5-8(7(2)10-6)9(11)12-3/h6-8,10H,4-5H2,1-3H3/t6-,7+,8+/m0/s1. The molecular weight excluding hydrogens is 154 g/mol. The second-order valence-electron chi connectivity index (χ2n) is 3.56. The van der Waals surface area contributed by atoms with Gasteiger partial charge in [0.2, 0.25) is 0 Å². The zero-order valence-electron chi connectivity index (χ0n) is 7.96. The van der Waals surface area contributed by atoms with E-state index >= 15 is 0 Å². The summed E-state index contributed by atoms with van der Waals surface area (Å²) in [6.45, 7) is 4.18. The third-order valence-corrected chi connectivity index (χ3v) is 2.57. The Morgan fingerprint density at radius 1 is 1.42 bits per heavy atom. The van der Waals surface area contributed by atoms with Gasteiger partial charge >= 0.3 is 5.97 Å². The quantitative estimate of drug-likeness (QED) is 0.597. The summed E-state index contributed by atoms with van der Waals surface area (Å²) in [6, 6.07) is 0.780. The first-order valence-corrected chi connectivity index (χ1v) is 4.49. The van der Waals surface area contributed by atoms with Crippen LogP contribution in [0, 0.1) is 5.92 Å². The van der Waals surface area contributed by atoms with Crippen molar-refractivity contribution in [1.82, 2.24) is 5.32 Å². The van der Waals surface area contributed by atoms with Gasteiger partial charge in [0.15, 0.2) is 0 Å². The molecule has 0 unspecified atom stereocenters. The molecule has 1 aliphatic heterocycles. The van der Waals surface area contributed by atoms with Gasteiger partial charge in [0.05, 0.1) is 13.0 Å². The van der Waals surface area contributed by atoms with E-state index in [1.54, 1.807) is 0 Å². The number of carbonyl (C=O) groups is 1. The lowest BCUT2D eigenvalue weighted by Gasteiger charge is -2.32. The smallest absolute Gasteiger partial charge is 0.310 e.